The number of halogens is 2. The molecule has 0 spiro atoms. The van der Waals surface area contributed by atoms with Crippen LogP contribution < -0.4 is 24.8 Å². The third kappa shape index (κ3) is 7.78. The number of hydrogen-bond donors (Lipinski definition) is 2. The Morgan fingerprint density at radius 1 is 0.932 bits per heavy atom. The van der Waals surface area contributed by atoms with Crippen LogP contribution in [0.2, 0.25) is 0 Å². The molecule has 0 unspecified atom stereocenters. The minimum Gasteiger partial charge on any atom is -0.493 e. The molecule has 0 aliphatic carbocycles. The number of nitrogens with one attached hydrogen (secondary N) is 2. The summed E-state index contributed by atoms with van der Waals surface area (Å²) in [6, 6.07) is 14.9. The van der Waals surface area contributed by atoms with Crippen molar-refractivity contribution in [2.45, 2.75) is 19.3 Å². The monoisotopic (exact) mass is 604 g/mol. The van der Waals surface area contributed by atoms with Crippen LogP contribution in [0.25, 0.3) is 10.9 Å². The number of aromatic nitrogens is 1. The Labute approximate surface area is 254 Å². The van der Waals surface area contributed by atoms with Crippen LogP contribution >= 0.6 is 0 Å². The minimum absolute atomic E-state index is 0.0826. The largest absolute Gasteiger partial charge is 0.493 e. The van der Waals surface area contributed by atoms with Gasteiger partial charge in [0.25, 0.3) is 0 Å². The molecule has 1 fully saturated rings. The van der Waals surface area contributed by atoms with Gasteiger partial charge in [-0.25, -0.2) is 8.78 Å². The second kappa shape index (κ2) is 14.1. The molecule has 11 heteroatoms. The molecule has 1 saturated heterocycles. The smallest absolute Gasteiger partial charge is 0.313 e. The van der Waals surface area contributed by atoms with E-state index in [4.69, 9.17) is 14.2 Å². The number of nitrogens with zero attached hydrogens (tertiary/aromatic N) is 2. The molecule has 0 saturated carbocycles. The number of pyridine rings is 1. The highest BCUT2D eigenvalue weighted by atomic mass is 19.1. The first-order valence-corrected chi connectivity index (χ1v) is 14.4. The molecular formula is C33H34F2N4O5. The van der Waals surface area contributed by atoms with Gasteiger partial charge in [0.1, 0.15) is 11.6 Å². The Balaban J connectivity index is 1.21. The molecule has 2 amide bonds. The predicted octanol–water partition coefficient (Wildman–Crippen LogP) is 5.33. The maximum atomic E-state index is 15.1. The third-order valence-corrected chi connectivity index (χ3v) is 7.53. The Morgan fingerprint density at radius 2 is 1.70 bits per heavy atom. The van der Waals surface area contributed by atoms with Gasteiger partial charge in [-0.1, -0.05) is 12.1 Å². The number of anilines is 1. The van der Waals surface area contributed by atoms with Gasteiger partial charge in [0.15, 0.2) is 23.1 Å². The lowest BCUT2D eigenvalue weighted by atomic mass is 9.98. The highest BCUT2D eigenvalue weighted by Gasteiger charge is 2.20. The maximum Gasteiger partial charge on any atom is 0.313 e. The second-order valence-corrected chi connectivity index (χ2v) is 10.7. The number of ether oxygens (including phenoxy) is 3. The van der Waals surface area contributed by atoms with Gasteiger partial charge in [-0.2, -0.15) is 0 Å². The van der Waals surface area contributed by atoms with E-state index in [-0.39, 0.29) is 23.8 Å². The Hall–Kier alpha value is -4.77. The molecule has 4 aromatic rings. The van der Waals surface area contributed by atoms with Crippen molar-refractivity contribution in [1.29, 1.82) is 0 Å². The zero-order chi connectivity index (χ0) is 31.1. The Morgan fingerprint density at radius 3 is 2.43 bits per heavy atom. The van der Waals surface area contributed by atoms with Crippen molar-refractivity contribution >= 4 is 28.4 Å². The van der Waals surface area contributed by atoms with E-state index in [1.165, 1.54) is 24.3 Å². The summed E-state index contributed by atoms with van der Waals surface area (Å²) in [4.78, 5) is 31.2. The number of piperidine rings is 1. The first-order chi connectivity index (χ1) is 21.3. The van der Waals surface area contributed by atoms with Crippen LogP contribution in [-0.4, -0.2) is 62.1 Å². The van der Waals surface area contributed by atoms with Gasteiger partial charge >= 0.3 is 11.8 Å². The van der Waals surface area contributed by atoms with Gasteiger partial charge in [-0.05, 0) is 87.3 Å². The van der Waals surface area contributed by atoms with Crippen LogP contribution in [0.3, 0.4) is 0 Å². The maximum absolute atomic E-state index is 15.1. The minimum atomic E-state index is -0.946. The van der Waals surface area contributed by atoms with Gasteiger partial charge in [0.2, 0.25) is 0 Å². The number of carbonyl (C=O) groups is 2. The standard InChI is InChI=1S/C33H34F2N4O5/c1-39-15-11-22(12-16-39)20-43-31-19-27-25(18-30(31)42-2)28(10-14-36-27)44-29-8-7-24(17-26(29)35)38-33(41)32(40)37-13-9-21-3-5-23(34)6-4-21/h3-8,10,14,17-19,22H,9,11-13,15-16,20H2,1-2H3,(H,37,40)(H,38,41). The van der Waals surface area contributed by atoms with Crippen molar-refractivity contribution in [2.24, 2.45) is 5.92 Å². The topological polar surface area (TPSA) is 102 Å². The van der Waals surface area contributed by atoms with Crippen LogP contribution in [0, 0.1) is 17.6 Å². The summed E-state index contributed by atoms with van der Waals surface area (Å²) in [7, 11) is 3.68. The van der Waals surface area contributed by atoms with Crippen LogP contribution in [0.15, 0.2) is 66.9 Å². The van der Waals surface area contributed by atoms with E-state index in [1.807, 2.05) is 0 Å². The van der Waals surface area contributed by atoms with Crippen molar-refractivity contribution in [3.05, 3.63) is 84.1 Å². The molecule has 2 N–H and O–H groups in total. The average Bonchev–Trinajstić information content (AvgIpc) is 3.02. The molecule has 0 bridgehead atoms. The predicted molar refractivity (Wildman–Crippen MR) is 162 cm³/mol. The van der Waals surface area contributed by atoms with Crippen LogP contribution in [0.1, 0.15) is 18.4 Å². The highest BCUT2D eigenvalue weighted by molar-refractivity contribution is 6.39. The number of methoxy groups -OCH3 is 1. The molecule has 0 radical (unpaired) electrons. The summed E-state index contributed by atoms with van der Waals surface area (Å²) in [6.07, 6.45) is 4.12. The summed E-state index contributed by atoms with van der Waals surface area (Å²) in [6.45, 7) is 2.85. The lowest BCUT2D eigenvalue weighted by molar-refractivity contribution is -0.136. The summed E-state index contributed by atoms with van der Waals surface area (Å²) >= 11 is 0. The number of benzene rings is 3. The van der Waals surface area contributed by atoms with Crippen molar-refractivity contribution in [3.63, 3.8) is 0 Å². The lowest BCUT2D eigenvalue weighted by Gasteiger charge is -2.28. The van der Waals surface area contributed by atoms with Crippen LogP contribution in [-0.2, 0) is 16.0 Å². The highest BCUT2D eigenvalue weighted by Crippen LogP contribution is 2.38. The normalized spacial score (nSPS) is 13.8. The summed E-state index contributed by atoms with van der Waals surface area (Å²) in [5.41, 5.74) is 1.49. The van der Waals surface area contributed by atoms with Crippen molar-refractivity contribution in [3.8, 4) is 23.0 Å². The fraction of sp³-hybridized carbons (Fsp3) is 0.303. The molecule has 230 valence electrons. The number of amides is 2. The molecule has 1 aliphatic rings. The van der Waals surface area contributed by atoms with Gasteiger partial charge in [-0.15, -0.1) is 0 Å². The molecule has 9 nitrogen and oxygen atoms in total. The zero-order valence-electron chi connectivity index (χ0n) is 24.6. The van der Waals surface area contributed by atoms with Crippen LogP contribution in [0.4, 0.5) is 14.5 Å². The summed E-state index contributed by atoms with van der Waals surface area (Å²) < 4.78 is 45.7. The molecule has 2 heterocycles. The first-order valence-electron chi connectivity index (χ1n) is 14.4. The quantitative estimate of drug-likeness (QED) is 0.236. The van der Waals surface area contributed by atoms with E-state index in [0.29, 0.717) is 47.1 Å². The second-order valence-electron chi connectivity index (χ2n) is 10.7. The summed E-state index contributed by atoms with van der Waals surface area (Å²) in [5, 5.41) is 5.47. The average molecular weight is 605 g/mol. The molecular weight excluding hydrogens is 570 g/mol. The first kappa shape index (κ1) is 30.7. The van der Waals surface area contributed by atoms with E-state index in [0.717, 1.165) is 37.6 Å². The summed E-state index contributed by atoms with van der Waals surface area (Å²) in [5.74, 6) is -1.09. The number of likely N-dealkylation sites (tertiary alicyclic amines) is 1. The van der Waals surface area contributed by atoms with Crippen molar-refractivity contribution in [2.75, 3.05) is 45.7 Å². The number of rotatable bonds is 10. The molecule has 5 rings (SSSR count). The van der Waals surface area contributed by atoms with E-state index in [9.17, 15) is 14.0 Å². The Kier molecular flexibility index (Phi) is 9.86. The molecule has 1 aromatic heterocycles. The van der Waals surface area contributed by atoms with E-state index in [1.54, 1.807) is 43.6 Å². The van der Waals surface area contributed by atoms with Gasteiger partial charge in [-0.3, -0.25) is 14.6 Å². The van der Waals surface area contributed by atoms with Crippen molar-refractivity contribution < 1.29 is 32.6 Å². The Bertz CT molecular complexity index is 1630. The lowest BCUT2D eigenvalue weighted by Crippen LogP contribution is -2.36. The van der Waals surface area contributed by atoms with Crippen LogP contribution in [0.5, 0.6) is 23.0 Å². The number of fused-ring (bicyclic) bond motifs is 1. The zero-order valence-corrected chi connectivity index (χ0v) is 24.6. The SMILES string of the molecule is COc1cc2c(Oc3ccc(NC(=O)C(=O)NCCc4ccc(F)cc4)cc3F)ccnc2cc1OCC1CCN(C)CC1. The van der Waals surface area contributed by atoms with E-state index >= 15 is 4.39 Å². The molecule has 0 atom stereocenters. The molecule has 1 aliphatic heterocycles. The molecule has 3 aromatic carbocycles. The third-order valence-electron chi connectivity index (χ3n) is 7.53. The fourth-order valence-electron chi connectivity index (χ4n) is 4.95. The fourth-order valence-corrected chi connectivity index (χ4v) is 4.95. The van der Waals surface area contributed by atoms with Crippen molar-refractivity contribution in [1.82, 2.24) is 15.2 Å². The molecule has 44 heavy (non-hydrogen) atoms. The van der Waals surface area contributed by atoms with E-state index < -0.39 is 17.6 Å². The number of hydrogen-bond acceptors (Lipinski definition) is 7. The van der Waals surface area contributed by atoms with Gasteiger partial charge in [0, 0.05) is 35.9 Å². The van der Waals surface area contributed by atoms with Gasteiger partial charge in [0.05, 0.1) is 19.2 Å². The number of carbonyl (C=O) groups excluding carboxylic acids is 2. The van der Waals surface area contributed by atoms with Gasteiger partial charge < -0.3 is 29.7 Å². The van der Waals surface area contributed by atoms with E-state index in [2.05, 4.69) is 27.6 Å².